The van der Waals surface area contributed by atoms with Crippen LogP contribution in [0.5, 0.6) is 0 Å². The van der Waals surface area contributed by atoms with Crippen LogP contribution in [-0.4, -0.2) is 24.8 Å². The second-order valence-electron chi connectivity index (χ2n) is 8.71. The van der Waals surface area contributed by atoms with Crippen LogP contribution >= 0.6 is 0 Å². The normalized spacial score (nSPS) is 26.7. The summed E-state index contributed by atoms with van der Waals surface area (Å²) in [7, 11) is 0. The number of hydrogen-bond donors (Lipinski definition) is 0. The highest BCUT2D eigenvalue weighted by molar-refractivity contribution is 5.93. The van der Waals surface area contributed by atoms with Gasteiger partial charge < -0.3 is 9.47 Å². The maximum Gasteiger partial charge on any atom is 0.189 e. The molecule has 2 aliphatic carbocycles. The molecule has 0 radical (unpaired) electrons. The van der Waals surface area contributed by atoms with Crippen molar-refractivity contribution in [3.05, 3.63) is 47.6 Å². The zero-order valence-corrected chi connectivity index (χ0v) is 16.6. The van der Waals surface area contributed by atoms with E-state index in [4.69, 9.17) is 9.47 Å². The number of ether oxygens (including phenoxy) is 2. The van der Waals surface area contributed by atoms with Crippen molar-refractivity contribution in [2.45, 2.75) is 60.2 Å². The predicted molar refractivity (Wildman–Crippen MR) is 102 cm³/mol. The monoisotopic (exact) mass is 344 g/mol. The molecule has 0 atom stereocenters. The van der Waals surface area contributed by atoms with E-state index in [1.54, 1.807) is 6.08 Å². The van der Waals surface area contributed by atoms with Crippen molar-refractivity contribution in [3.63, 3.8) is 0 Å². The van der Waals surface area contributed by atoms with Gasteiger partial charge in [0.05, 0.1) is 13.2 Å². The number of ketones is 1. The van der Waals surface area contributed by atoms with Crippen LogP contribution < -0.4 is 0 Å². The summed E-state index contributed by atoms with van der Waals surface area (Å²) >= 11 is 0. The zero-order valence-electron chi connectivity index (χ0n) is 16.6. The lowest BCUT2D eigenvalue weighted by Gasteiger charge is -2.40. The molecule has 0 aromatic carbocycles. The Morgan fingerprint density at radius 1 is 0.920 bits per heavy atom. The number of allylic oxidation sites excluding steroid dienone is 5. The van der Waals surface area contributed by atoms with E-state index in [2.05, 4.69) is 53.9 Å². The Labute approximate surface area is 152 Å². The number of carbonyl (C=O) groups is 1. The molecule has 0 aromatic heterocycles. The van der Waals surface area contributed by atoms with Gasteiger partial charge in [-0.3, -0.25) is 4.79 Å². The van der Waals surface area contributed by atoms with Crippen molar-refractivity contribution in [2.24, 2.45) is 10.8 Å². The Kier molecular flexibility index (Phi) is 5.32. The summed E-state index contributed by atoms with van der Waals surface area (Å²) in [4.78, 5) is 11.1. The van der Waals surface area contributed by atoms with Gasteiger partial charge in [0.2, 0.25) is 0 Å². The van der Waals surface area contributed by atoms with Crippen molar-refractivity contribution in [1.82, 2.24) is 0 Å². The first-order chi connectivity index (χ1) is 11.4. The minimum atomic E-state index is -0.464. The molecule has 138 valence electrons. The topological polar surface area (TPSA) is 35.5 Å². The third-order valence-corrected chi connectivity index (χ3v) is 5.48. The highest BCUT2D eigenvalue weighted by Crippen LogP contribution is 2.46. The molecule has 3 nitrogen and oxygen atoms in total. The highest BCUT2D eigenvalue weighted by atomic mass is 16.7. The smallest absolute Gasteiger partial charge is 0.189 e. The first kappa shape index (κ1) is 19.9. The molecule has 1 saturated heterocycles. The summed E-state index contributed by atoms with van der Waals surface area (Å²) in [5.41, 5.74) is 4.56. The summed E-state index contributed by atoms with van der Waals surface area (Å²) in [6.07, 6.45) is 5.24. The van der Waals surface area contributed by atoms with Gasteiger partial charge in [0, 0.05) is 12.8 Å². The van der Waals surface area contributed by atoms with Crippen LogP contribution in [0.25, 0.3) is 0 Å². The Hall–Kier alpha value is -1.45. The van der Waals surface area contributed by atoms with Crippen molar-refractivity contribution in [2.75, 3.05) is 13.2 Å². The van der Waals surface area contributed by atoms with Crippen LogP contribution in [-0.2, 0) is 14.3 Å². The summed E-state index contributed by atoms with van der Waals surface area (Å²) in [6, 6.07) is 0. The van der Waals surface area contributed by atoms with Crippen molar-refractivity contribution in [3.8, 4) is 0 Å². The second kappa shape index (κ2) is 6.69. The van der Waals surface area contributed by atoms with Crippen LogP contribution in [0, 0.1) is 10.8 Å². The molecule has 3 aliphatic rings. The Bertz CT molecular complexity index is 653. The largest absolute Gasteiger partial charge is 0.344 e. The second-order valence-corrected chi connectivity index (χ2v) is 8.71. The lowest BCUT2D eigenvalue weighted by molar-refractivity contribution is -0.139. The van der Waals surface area contributed by atoms with E-state index >= 15 is 0 Å². The van der Waals surface area contributed by atoms with Gasteiger partial charge in [-0.15, -0.1) is 0 Å². The van der Waals surface area contributed by atoms with Gasteiger partial charge in [0.25, 0.3) is 0 Å². The molecule has 1 fully saturated rings. The minimum absolute atomic E-state index is 0.0318. The molecule has 0 saturated carbocycles. The van der Waals surface area contributed by atoms with Crippen LogP contribution in [0.4, 0.5) is 0 Å². The molecule has 25 heavy (non-hydrogen) atoms. The standard InChI is InChI=1S/C12H18O2.C10H14O/c1-9-7-12(13-5-6-14-12)8-11(3,4)10(9)2;1-7-5-9(11)6-10(3,4)8(7)2/h7H,2,5-6,8H2,1,3-4H3;5H,2,6H2,1,3-4H3. The van der Waals surface area contributed by atoms with E-state index in [1.165, 1.54) is 11.1 Å². The molecular formula is C22H32O3. The zero-order chi connectivity index (χ0) is 19.0. The van der Waals surface area contributed by atoms with Crippen molar-refractivity contribution >= 4 is 5.78 Å². The van der Waals surface area contributed by atoms with Gasteiger partial charge in [-0.1, -0.05) is 40.9 Å². The summed E-state index contributed by atoms with van der Waals surface area (Å²) < 4.78 is 11.4. The predicted octanol–water partition coefficient (Wildman–Crippen LogP) is 5.15. The van der Waals surface area contributed by atoms with E-state index in [0.29, 0.717) is 19.6 Å². The van der Waals surface area contributed by atoms with Crippen molar-refractivity contribution in [1.29, 1.82) is 0 Å². The third-order valence-electron chi connectivity index (χ3n) is 5.48. The SMILES string of the molecule is C=C1C(C)=CC(=O)CC1(C)C.C=C1C(C)=CC2(CC1(C)C)OCCO2. The molecule has 1 spiro atoms. The molecule has 3 heteroatoms. The van der Waals surface area contributed by atoms with E-state index in [-0.39, 0.29) is 16.6 Å². The van der Waals surface area contributed by atoms with Gasteiger partial charge in [0.1, 0.15) is 0 Å². The van der Waals surface area contributed by atoms with E-state index in [9.17, 15) is 4.79 Å². The average molecular weight is 344 g/mol. The number of carbonyl (C=O) groups excluding carboxylic acids is 1. The van der Waals surface area contributed by atoms with Gasteiger partial charge in [-0.2, -0.15) is 0 Å². The molecule has 0 bridgehead atoms. The summed E-state index contributed by atoms with van der Waals surface area (Å²) in [5, 5.41) is 0. The van der Waals surface area contributed by atoms with Crippen LogP contribution in [0.2, 0.25) is 0 Å². The summed E-state index contributed by atoms with van der Waals surface area (Å²) in [5.74, 6) is -0.241. The van der Waals surface area contributed by atoms with Crippen LogP contribution in [0.15, 0.2) is 47.6 Å². The molecule has 3 rings (SSSR count). The molecule has 0 unspecified atom stereocenters. The molecule has 0 amide bonds. The van der Waals surface area contributed by atoms with E-state index in [1.807, 2.05) is 6.92 Å². The Balaban J connectivity index is 0.000000186. The number of hydrogen-bond acceptors (Lipinski definition) is 3. The Morgan fingerprint density at radius 3 is 1.92 bits per heavy atom. The van der Waals surface area contributed by atoms with Gasteiger partial charge in [-0.25, -0.2) is 0 Å². The number of rotatable bonds is 0. The van der Waals surface area contributed by atoms with E-state index in [0.717, 1.165) is 17.6 Å². The molecule has 0 N–H and O–H groups in total. The molecule has 1 aliphatic heterocycles. The van der Waals surface area contributed by atoms with Gasteiger partial charge in [0.15, 0.2) is 11.6 Å². The lowest BCUT2D eigenvalue weighted by Crippen LogP contribution is -2.38. The average Bonchev–Trinajstić information content (AvgIpc) is 2.89. The van der Waals surface area contributed by atoms with Crippen LogP contribution in [0.3, 0.4) is 0 Å². The van der Waals surface area contributed by atoms with Gasteiger partial charge >= 0.3 is 0 Å². The first-order valence-corrected chi connectivity index (χ1v) is 8.97. The molecule has 1 heterocycles. The first-order valence-electron chi connectivity index (χ1n) is 8.97. The fourth-order valence-corrected chi connectivity index (χ4v) is 3.84. The minimum Gasteiger partial charge on any atom is -0.344 e. The lowest BCUT2D eigenvalue weighted by atomic mass is 9.71. The van der Waals surface area contributed by atoms with Crippen molar-refractivity contribution < 1.29 is 14.3 Å². The van der Waals surface area contributed by atoms with E-state index < -0.39 is 5.79 Å². The fraction of sp³-hybridized carbons (Fsp3) is 0.591. The van der Waals surface area contributed by atoms with Crippen LogP contribution in [0.1, 0.15) is 54.4 Å². The molecule has 0 aromatic rings. The summed E-state index contributed by atoms with van der Waals surface area (Å²) in [6.45, 7) is 22.0. The Morgan fingerprint density at radius 2 is 1.44 bits per heavy atom. The third kappa shape index (κ3) is 4.21. The highest BCUT2D eigenvalue weighted by Gasteiger charge is 2.44. The quantitative estimate of drug-likeness (QED) is 0.609. The molecular weight excluding hydrogens is 312 g/mol. The van der Waals surface area contributed by atoms with Gasteiger partial charge in [-0.05, 0) is 59.1 Å². The maximum absolute atomic E-state index is 11.1. The maximum atomic E-state index is 11.1. The fourth-order valence-electron chi connectivity index (χ4n) is 3.84.